The van der Waals surface area contributed by atoms with Crippen LogP contribution in [0.1, 0.15) is 29.8 Å². The lowest BCUT2D eigenvalue weighted by atomic mass is 10.2. The Balaban J connectivity index is 1.59. The minimum absolute atomic E-state index is 0.0951. The molecule has 0 aromatic heterocycles. The van der Waals surface area contributed by atoms with Gasteiger partial charge in [0.2, 0.25) is 0 Å². The lowest BCUT2D eigenvalue weighted by Crippen LogP contribution is -2.37. The summed E-state index contributed by atoms with van der Waals surface area (Å²) < 4.78 is 11.0. The van der Waals surface area contributed by atoms with Crippen LogP contribution in [-0.4, -0.2) is 48.3 Å². The zero-order chi connectivity index (χ0) is 22.2. The van der Waals surface area contributed by atoms with Crippen LogP contribution in [0.5, 0.6) is 11.5 Å². The van der Waals surface area contributed by atoms with Gasteiger partial charge in [0.25, 0.3) is 17.1 Å². The van der Waals surface area contributed by atoms with Gasteiger partial charge in [-0.3, -0.25) is 19.3 Å². The van der Waals surface area contributed by atoms with Crippen LogP contribution in [0.3, 0.4) is 0 Å². The third-order valence-electron chi connectivity index (χ3n) is 4.40. The van der Waals surface area contributed by atoms with Gasteiger partial charge >= 0.3 is 0 Å². The number of nitrogens with one attached hydrogen (secondary N) is 1. The van der Waals surface area contributed by atoms with Gasteiger partial charge in [-0.1, -0.05) is 30.3 Å². The Hall–Kier alpha value is -3.26. The van der Waals surface area contributed by atoms with Gasteiger partial charge < -0.3 is 14.8 Å². The van der Waals surface area contributed by atoms with Crippen molar-refractivity contribution in [3.05, 3.63) is 64.6 Å². The second-order valence-corrected chi connectivity index (χ2v) is 7.52. The Morgan fingerprint density at radius 3 is 2.45 bits per heavy atom. The van der Waals surface area contributed by atoms with Gasteiger partial charge in [-0.25, -0.2) is 0 Å². The molecule has 0 aliphatic carbocycles. The normalized spacial score (nSPS) is 14.8. The van der Waals surface area contributed by atoms with Crippen molar-refractivity contribution < 1.29 is 23.9 Å². The average Bonchev–Trinajstić information content (AvgIpc) is 3.03. The Labute approximate surface area is 185 Å². The van der Waals surface area contributed by atoms with Crippen molar-refractivity contribution in [3.8, 4) is 11.5 Å². The van der Waals surface area contributed by atoms with Gasteiger partial charge in [-0.2, -0.15) is 0 Å². The van der Waals surface area contributed by atoms with Crippen LogP contribution < -0.4 is 14.8 Å². The van der Waals surface area contributed by atoms with Crippen molar-refractivity contribution in [2.24, 2.45) is 0 Å². The number of rotatable bonds is 9. The van der Waals surface area contributed by atoms with E-state index in [2.05, 4.69) is 5.32 Å². The number of imide groups is 1. The Morgan fingerprint density at radius 2 is 1.74 bits per heavy atom. The van der Waals surface area contributed by atoms with Crippen LogP contribution in [0.15, 0.2) is 53.4 Å². The van der Waals surface area contributed by atoms with Gasteiger partial charge in [-0.05, 0) is 55.4 Å². The fourth-order valence-electron chi connectivity index (χ4n) is 2.97. The first kappa shape index (κ1) is 22.4. The summed E-state index contributed by atoms with van der Waals surface area (Å²) in [4.78, 5) is 38.8. The summed E-state index contributed by atoms with van der Waals surface area (Å²) >= 11 is 0.901. The quantitative estimate of drug-likeness (QED) is 0.595. The molecule has 0 spiro atoms. The maximum absolute atomic E-state index is 12.6. The van der Waals surface area contributed by atoms with Crippen molar-refractivity contribution >= 4 is 34.9 Å². The highest BCUT2D eigenvalue weighted by Gasteiger charge is 2.34. The number of amides is 3. The molecule has 31 heavy (non-hydrogen) atoms. The van der Waals surface area contributed by atoms with Gasteiger partial charge in [-0.15, -0.1) is 0 Å². The predicted octanol–water partition coefficient (Wildman–Crippen LogP) is 3.95. The summed E-state index contributed by atoms with van der Waals surface area (Å²) in [6.45, 7) is 4.90. The monoisotopic (exact) mass is 440 g/mol. The molecular formula is C23H24N2O5S. The molecule has 1 fully saturated rings. The Morgan fingerprint density at radius 1 is 1.03 bits per heavy atom. The van der Waals surface area contributed by atoms with E-state index < -0.39 is 0 Å². The number of benzene rings is 2. The summed E-state index contributed by atoms with van der Waals surface area (Å²) in [5, 5.41) is 2.40. The summed E-state index contributed by atoms with van der Waals surface area (Å²) in [5.74, 6) is 0.390. The molecule has 1 N–H and O–H groups in total. The predicted molar refractivity (Wildman–Crippen MR) is 120 cm³/mol. The lowest BCUT2D eigenvalue weighted by molar-refractivity contribution is -0.122. The van der Waals surface area contributed by atoms with E-state index in [9.17, 15) is 14.4 Å². The molecule has 0 radical (unpaired) electrons. The van der Waals surface area contributed by atoms with E-state index in [0.717, 1.165) is 22.2 Å². The van der Waals surface area contributed by atoms with E-state index in [1.807, 2.05) is 44.2 Å². The fraction of sp³-hybridized carbons (Fsp3) is 0.261. The minimum Gasteiger partial charge on any atom is -0.490 e. The first-order valence-corrected chi connectivity index (χ1v) is 10.8. The molecule has 0 atom stereocenters. The molecule has 1 saturated heterocycles. The van der Waals surface area contributed by atoms with Crippen LogP contribution in [0.25, 0.3) is 6.08 Å². The number of hydrogen-bond acceptors (Lipinski definition) is 6. The first-order valence-electron chi connectivity index (χ1n) is 10.0. The average molecular weight is 441 g/mol. The van der Waals surface area contributed by atoms with E-state index in [0.29, 0.717) is 35.2 Å². The molecule has 1 aliphatic heterocycles. The van der Waals surface area contributed by atoms with Gasteiger partial charge in [0.05, 0.1) is 18.1 Å². The maximum Gasteiger partial charge on any atom is 0.293 e. The molecule has 0 saturated carbocycles. The zero-order valence-electron chi connectivity index (χ0n) is 17.4. The summed E-state index contributed by atoms with van der Waals surface area (Å²) in [7, 11) is 0. The molecule has 3 rings (SSSR count). The van der Waals surface area contributed by atoms with E-state index in [-0.39, 0.29) is 30.1 Å². The molecule has 0 bridgehead atoms. The highest BCUT2D eigenvalue weighted by atomic mass is 32.2. The van der Waals surface area contributed by atoms with Crippen LogP contribution >= 0.6 is 11.8 Å². The van der Waals surface area contributed by atoms with E-state index >= 15 is 0 Å². The summed E-state index contributed by atoms with van der Waals surface area (Å²) in [6, 6.07) is 14.3. The smallest absolute Gasteiger partial charge is 0.293 e. The third-order valence-corrected chi connectivity index (χ3v) is 5.30. The second-order valence-electron chi connectivity index (χ2n) is 6.53. The fourth-order valence-corrected chi connectivity index (χ4v) is 3.83. The second kappa shape index (κ2) is 10.7. The first-order chi connectivity index (χ1) is 15.0. The van der Waals surface area contributed by atoms with Gasteiger partial charge in [0, 0.05) is 18.7 Å². The lowest BCUT2D eigenvalue weighted by Gasteiger charge is -2.14. The molecule has 7 nitrogen and oxygen atoms in total. The SMILES string of the molecule is CCOc1ccc(C(=O)NCCN2C(=O)S/C(=C\c3ccccc3)C2=O)cc1OCC. The molecule has 0 unspecified atom stereocenters. The molecule has 3 amide bonds. The minimum atomic E-state index is -0.354. The third kappa shape index (κ3) is 5.67. The summed E-state index contributed by atoms with van der Waals surface area (Å²) in [5.41, 5.74) is 1.26. The molecule has 2 aromatic rings. The largest absolute Gasteiger partial charge is 0.490 e. The molecule has 162 valence electrons. The topological polar surface area (TPSA) is 84.9 Å². The Bertz CT molecular complexity index is 991. The number of thioether (sulfide) groups is 1. The summed E-state index contributed by atoms with van der Waals surface area (Å²) in [6.07, 6.45) is 1.69. The van der Waals surface area contributed by atoms with Crippen LogP contribution in [-0.2, 0) is 4.79 Å². The van der Waals surface area contributed by atoms with Crippen LogP contribution in [0.4, 0.5) is 4.79 Å². The number of carbonyl (C=O) groups is 3. The highest BCUT2D eigenvalue weighted by Crippen LogP contribution is 2.32. The molecule has 1 aliphatic rings. The van der Waals surface area contributed by atoms with Crippen LogP contribution in [0.2, 0.25) is 0 Å². The highest BCUT2D eigenvalue weighted by molar-refractivity contribution is 8.18. The standard InChI is InChI=1S/C23H24N2O5S/c1-3-29-18-11-10-17(15-19(18)30-4-2)21(26)24-12-13-25-22(27)20(31-23(25)28)14-16-8-6-5-7-9-16/h5-11,14-15H,3-4,12-13H2,1-2H3,(H,24,26)/b20-14-. The van der Waals surface area contributed by atoms with Gasteiger partial charge in [0.15, 0.2) is 11.5 Å². The van der Waals surface area contributed by atoms with Crippen molar-refractivity contribution in [1.82, 2.24) is 10.2 Å². The molecule has 1 heterocycles. The zero-order valence-corrected chi connectivity index (χ0v) is 18.2. The number of hydrogen-bond donors (Lipinski definition) is 1. The van der Waals surface area contributed by atoms with E-state index in [1.165, 1.54) is 0 Å². The molecule has 8 heteroatoms. The number of ether oxygens (including phenoxy) is 2. The maximum atomic E-state index is 12.6. The van der Waals surface area contributed by atoms with Gasteiger partial charge in [0.1, 0.15) is 0 Å². The number of nitrogens with zero attached hydrogens (tertiary/aromatic N) is 1. The number of carbonyl (C=O) groups excluding carboxylic acids is 3. The van der Waals surface area contributed by atoms with Crippen molar-refractivity contribution in [1.29, 1.82) is 0 Å². The van der Waals surface area contributed by atoms with Crippen molar-refractivity contribution in [2.75, 3.05) is 26.3 Å². The van der Waals surface area contributed by atoms with Crippen LogP contribution in [0, 0.1) is 0 Å². The Kier molecular flexibility index (Phi) is 7.72. The van der Waals surface area contributed by atoms with E-state index in [4.69, 9.17) is 9.47 Å². The molecule has 2 aromatic carbocycles. The molecular weight excluding hydrogens is 416 g/mol. The van der Waals surface area contributed by atoms with Crippen molar-refractivity contribution in [3.63, 3.8) is 0 Å². The van der Waals surface area contributed by atoms with Crippen molar-refractivity contribution in [2.45, 2.75) is 13.8 Å². The van der Waals surface area contributed by atoms with E-state index in [1.54, 1.807) is 24.3 Å².